The normalized spacial score (nSPS) is 11.0. The highest BCUT2D eigenvalue weighted by Gasteiger charge is 2.07. The Morgan fingerprint density at radius 2 is 1.83 bits per heavy atom. The van der Waals surface area contributed by atoms with Crippen LogP contribution in [0.1, 0.15) is 5.89 Å². The van der Waals surface area contributed by atoms with Crippen LogP contribution >= 0.6 is 0 Å². The molecule has 0 bridgehead atoms. The van der Waals surface area contributed by atoms with Gasteiger partial charge in [-0.05, 0) is 36.4 Å². The minimum atomic E-state index is -0.272. The lowest BCUT2D eigenvalue weighted by atomic mass is 10.1. The van der Waals surface area contributed by atoms with Gasteiger partial charge in [0.05, 0.1) is 12.2 Å². The van der Waals surface area contributed by atoms with Crippen molar-refractivity contribution in [2.24, 2.45) is 5.73 Å². The molecular formula is C13H10FN3O. The third-order valence-corrected chi connectivity index (χ3v) is 2.61. The van der Waals surface area contributed by atoms with Crippen molar-refractivity contribution >= 4 is 11.2 Å². The minimum Gasteiger partial charge on any atom is -0.438 e. The summed E-state index contributed by atoms with van der Waals surface area (Å²) in [5.41, 5.74) is 8.11. The maximum absolute atomic E-state index is 12.8. The predicted molar refractivity (Wildman–Crippen MR) is 65.1 cm³/mol. The summed E-state index contributed by atoms with van der Waals surface area (Å²) in [5.74, 6) is 0.181. The summed E-state index contributed by atoms with van der Waals surface area (Å²) in [6.45, 7) is 0.238. The molecule has 2 N–H and O–H groups in total. The van der Waals surface area contributed by atoms with E-state index in [1.165, 1.54) is 12.1 Å². The molecule has 3 rings (SSSR count). The Bertz CT molecular complexity index is 691. The number of rotatable bonds is 2. The molecule has 90 valence electrons. The smallest absolute Gasteiger partial charge is 0.210 e. The largest absolute Gasteiger partial charge is 0.438 e. The Hall–Kier alpha value is -2.27. The van der Waals surface area contributed by atoms with E-state index in [1.807, 2.05) is 0 Å². The van der Waals surface area contributed by atoms with E-state index in [0.29, 0.717) is 17.1 Å². The first kappa shape index (κ1) is 10.9. The molecule has 2 aromatic heterocycles. The molecule has 2 heterocycles. The molecule has 0 saturated carbocycles. The minimum absolute atomic E-state index is 0.238. The van der Waals surface area contributed by atoms with E-state index >= 15 is 0 Å². The number of hydrogen-bond donors (Lipinski definition) is 1. The van der Waals surface area contributed by atoms with Gasteiger partial charge in [-0.15, -0.1) is 0 Å². The van der Waals surface area contributed by atoms with Crippen LogP contribution in [-0.2, 0) is 6.54 Å². The van der Waals surface area contributed by atoms with Crippen molar-refractivity contribution in [2.75, 3.05) is 0 Å². The van der Waals surface area contributed by atoms with Crippen molar-refractivity contribution in [1.82, 2.24) is 9.97 Å². The van der Waals surface area contributed by atoms with Gasteiger partial charge in [-0.3, -0.25) is 0 Å². The quantitative estimate of drug-likeness (QED) is 0.751. The van der Waals surface area contributed by atoms with Crippen molar-refractivity contribution in [3.05, 3.63) is 48.1 Å². The van der Waals surface area contributed by atoms with Crippen LogP contribution < -0.4 is 5.73 Å². The van der Waals surface area contributed by atoms with Gasteiger partial charge >= 0.3 is 0 Å². The topological polar surface area (TPSA) is 64.9 Å². The Kier molecular flexibility index (Phi) is 2.53. The Morgan fingerprint density at radius 1 is 1.06 bits per heavy atom. The summed E-state index contributed by atoms with van der Waals surface area (Å²) in [5, 5.41) is 0. The van der Waals surface area contributed by atoms with Gasteiger partial charge in [0.1, 0.15) is 5.82 Å². The van der Waals surface area contributed by atoms with Gasteiger partial charge in [0, 0.05) is 5.56 Å². The van der Waals surface area contributed by atoms with Crippen molar-refractivity contribution in [3.63, 3.8) is 0 Å². The van der Waals surface area contributed by atoms with Crippen LogP contribution in [0.3, 0.4) is 0 Å². The zero-order valence-corrected chi connectivity index (χ0v) is 9.43. The molecule has 0 saturated heterocycles. The summed E-state index contributed by atoms with van der Waals surface area (Å²) >= 11 is 0. The van der Waals surface area contributed by atoms with Gasteiger partial charge < -0.3 is 10.2 Å². The van der Waals surface area contributed by atoms with E-state index in [9.17, 15) is 4.39 Å². The third kappa shape index (κ3) is 1.84. The predicted octanol–water partition coefficient (Wildman–Crippen LogP) is 2.49. The fourth-order valence-electron chi connectivity index (χ4n) is 1.73. The standard InChI is InChI=1S/C13H10FN3O/c14-9-3-1-8(2-4-9)10-5-6-11-13(16-10)17-12(7-15)18-11/h1-6H,7,15H2. The van der Waals surface area contributed by atoms with Crippen molar-refractivity contribution in [2.45, 2.75) is 6.54 Å². The molecule has 4 nitrogen and oxygen atoms in total. The lowest BCUT2D eigenvalue weighted by Gasteiger charge is -1.99. The molecule has 0 spiro atoms. The highest BCUT2D eigenvalue weighted by molar-refractivity contribution is 5.73. The second kappa shape index (κ2) is 4.19. The number of nitrogens with two attached hydrogens (primary N) is 1. The second-order valence-corrected chi connectivity index (χ2v) is 3.84. The molecule has 0 amide bonds. The molecule has 0 atom stereocenters. The summed E-state index contributed by atoms with van der Waals surface area (Å²) in [4.78, 5) is 8.52. The van der Waals surface area contributed by atoms with Crippen LogP contribution in [0.25, 0.3) is 22.5 Å². The van der Waals surface area contributed by atoms with Crippen molar-refractivity contribution < 1.29 is 8.81 Å². The molecule has 3 aromatic rings. The summed E-state index contributed by atoms with van der Waals surface area (Å²) < 4.78 is 18.2. The fraction of sp³-hybridized carbons (Fsp3) is 0.0769. The number of aromatic nitrogens is 2. The first-order valence-corrected chi connectivity index (χ1v) is 5.49. The van der Waals surface area contributed by atoms with Gasteiger partial charge in [-0.25, -0.2) is 9.37 Å². The molecule has 0 unspecified atom stereocenters. The van der Waals surface area contributed by atoms with Crippen LogP contribution in [0.5, 0.6) is 0 Å². The van der Waals surface area contributed by atoms with Crippen LogP contribution in [0.2, 0.25) is 0 Å². The first-order valence-electron chi connectivity index (χ1n) is 5.49. The molecule has 0 aliphatic carbocycles. The molecule has 18 heavy (non-hydrogen) atoms. The SMILES string of the molecule is NCc1nc2nc(-c3ccc(F)cc3)ccc2o1. The van der Waals surface area contributed by atoms with E-state index < -0.39 is 0 Å². The van der Waals surface area contributed by atoms with E-state index in [4.69, 9.17) is 10.2 Å². The molecular weight excluding hydrogens is 233 g/mol. The van der Waals surface area contributed by atoms with Gasteiger partial charge in [-0.2, -0.15) is 4.98 Å². The summed E-state index contributed by atoms with van der Waals surface area (Å²) in [7, 11) is 0. The lowest BCUT2D eigenvalue weighted by molar-refractivity contribution is 0.533. The Labute approximate surface area is 102 Å². The van der Waals surface area contributed by atoms with E-state index in [1.54, 1.807) is 24.3 Å². The highest BCUT2D eigenvalue weighted by atomic mass is 19.1. The van der Waals surface area contributed by atoms with Crippen LogP contribution in [0.4, 0.5) is 4.39 Å². The molecule has 0 radical (unpaired) electrons. The van der Waals surface area contributed by atoms with Gasteiger partial charge in [0.2, 0.25) is 5.89 Å². The number of pyridine rings is 1. The Balaban J connectivity index is 2.09. The van der Waals surface area contributed by atoms with E-state index in [-0.39, 0.29) is 12.4 Å². The average Bonchev–Trinajstić information content (AvgIpc) is 2.81. The first-order chi connectivity index (χ1) is 8.76. The number of hydrogen-bond acceptors (Lipinski definition) is 4. The zero-order valence-electron chi connectivity index (χ0n) is 9.43. The third-order valence-electron chi connectivity index (χ3n) is 2.61. The monoisotopic (exact) mass is 243 g/mol. The Morgan fingerprint density at radius 3 is 2.56 bits per heavy atom. The molecule has 0 aliphatic heterocycles. The van der Waals surface area contributed by atoms with Crippen LogP contribution in [0.15, 0.2) is 40.8 Å². The van der Waals surface area contributed by atoms with Gasteiger partial charge in [0.15, 0.2) is 11.2 Å². The molecule has 0 aliphatic rings. The molecule has 5 heteroatoms. The zero-order chi connectivity index (χ0) is 12.5. The molecule has 1 aromatic carbocycles. The van der Waals surface area contributed by atoms with Crippen LogP contribution in [0, 0.1) is 5.82 Å². The number of benzene rings is 1. The summed E-state index contributed by atoms with van der Waals surface area (Å²) in [6, 6.07) is 9.74. The van der Waals surface area contributed by atoms with E-state index in [2.05, 4.69) is 9.97 Å². The fourth-order valence-corrected chi connectivity index (χ4v) is 1.73. The number of oxazole rings is 1. The van der Waals surface area contributed by atoms with Crippen molar-refractivity contribution in [1.29, 1.82) is 0 Å². The van der Waals surface area contributed by atoms with E-state index in [0.717, 1.165) is 11.3 Å². The maximum atomic E-state index is 12.8. The van der Waals surface area contributed by atoms with Gasteiger partial charge in [-0.1, -0.05) is 0 Å². The van der Waals surface area contributed by atoms with Gasteiger partial charge in [0.25, 0.3) is 0 Å². The maximum Gasteiger partial charge on any atom is 0.210 e. The average molecular weight is 243 g/mol. The second-order valence-electron chi connectivity index (χ2n) is 3.84. The number of fused-ring (bicyclic) bond motifs is 1. The highest BCUT2D eigenvalue weighted by Crippen LogP contribution is 2.21. The van der Waals surface area contributed by atoms with Crippen LogP contribution in [-0.4, -0.2) is 9.97 Å². The number of nitrogens with zero attached hydrogens (tertiary/aromatic N) is 2. The molecule has 0 fully saturated rings. The lowest BCUT2D eigenvalue weighted by Crippen LogP contribution is -1.95. The van der Waals surface area contributed by atoms with Crippen molar-refractivity contribution in [3.8, 4) is 11.3 Å². The number of halogens is 1. The summed E-state index contributed by atoms with van der Waals surface area (Å²) in [6.07, 6.45) is 0.